The van der Waals surface area contributed by atoms with Gasteiger partial charge in [0.05, 0.1) is 36.6 Å². The Kier molecular flexibility index (Phi) is 5.75. The number of carbonyl (C=O) groups excluding carboxylic acids is 1. The molecule has 4 aromatic rings. The molecule has 34 heavy (non-hydrogen) atoms. The highest BCUT2D eigenvalue weighted by Gasteiger charge is 2.29. The molecule has 2 aromatic carbocycles. The normalized spacial score (nSPS) is 15.7. The standard InChI is InChI=1S/C25H24N5O3P/c1-16-11-13-28(25(16)32)18-8-9-19(22(34)14-18)29-15-21(33-2)24(31)23(27-29)20-10-12-26-30(20)17-6-4-3-5-7-17/h3-10,12,14-16H,11,13,34H2,1-2H3. The predicted molar refractivity (Wildman–Crippen MR) is 134 cm³/mol. The van der Waals surface area contributed by atoms with E-state index in [0.717, 1.165) is 28.8 Å². The molecule has 3 heterocycles. The number of aromatic nitrogens is 4. The Bertz CT molecular complexity index is 1430. The molecular weight excluding hydrogens is 449 g/mol. The van der Waals surface area contributed by atoms with E-state index in [1.807, 2.05) is 60.4 Å². The third-order valence-electron chi connectivity index (χ3n) is 6.04. The van der Waals surface area contributed by atoms with Crippen LogP contribution < -0.4 is 20.4 Å². The van der Waals surface area contributed by atoms with Gasteiger partial charge in [0.15, 0.2) is 11.4 Å². The van der Waals surface area contributed by atoms with Crippen LogP contribution in [0.5, 0.6) is 5.75 Å². The molecule has 8 nitrogen and oxygen atoms in total. The van der Waals surface area contributed by atoms with Crippen molar-refractivity contribution in [1.82, 2.24) is 19.6 Å². The highest BCUT2D eigenvalue weighted by molar-refractivity contribution is 7.27. The largest absolute Gasteiger partial charge is 0.491 e. The molecule has 0 spiro atoms. The highest BCUT2D eigenvalue weighted by Crippen LogP contribution is 2.26. The molecule has 9 heteroatoms. The van der Waals surface area contributed by atoms with Crippen molar-refractivity contribution in [1.29, 1.82) is 0 Å². The molecule has 2 aromatic heterocycles. The number of nitrogens with zero attached hydrogens (tertiary/aromatic N) is 5. The van der Waals surface area contributed by atoms with Gasteiger partial charge in [-0.05, 0) is 48.1 Å². The van der Waals surface area contributed by atoms with Gasteiger partial charge in [-0.1, -0.05) is 25.1 Å². The summed E-state index contributed by atoms with van der Waals surface area (Å²) >= 11 is 0. The van der Waals surface area contributed by atoms with Crippen LogP contribution in [0.4, 0.5) is 5.69 Å². The molecule has 0 aliphatic carbocycles. The van der Waals surface area contributed by atoms with Gasteiger partial charge in [0.2, 0.25) is 5.91 Å². The van der Waals surface area contributed by atoms with Crippen molar-refractivity contribution in [2.75, 3.05) is 18.6 Å². The summed E-state index contributed by atoms with van der Waals surface area (Å²) in [6.07, 6.45) is 4.06. The molecule has 1 fully saturated rings. The molecular formula is C25H24N5O3P. The third-order valence-corrected chi connectivity index (χ3v) is 6.50. The van der Waals surface area contributed by atoms with E-state index in [1.165, 1.54) is 7.11 Å². The second-order valence-electron chi connectivity index (χ2n) is 8.21. The summed E-state index contributed by atoms with van der Waals surface area (Å²) in [5.74, 6) is 0.342. The van der Waals surface area contributed by atoms with Gasteiger partial charge < -0.3 is 9.64 Å². The van der Waals surface area contributed by atoms with Crippen molar-refractivity contribution in [3.63, 3.8) is 0 Å². The Morgan fingerprint density at radius 3 is 2.53 bits per heavy atom. The van der Waals surface area contributed by atoms with Crippen molar-refractivity contribution < 1.29 is 9.53 Å². The number of ether oxygens (including phenoxy) is 1. The quantitative estimate of drug-likeness (QED) is 0.417. The van der Waals surface area contributed by atoms with Crippen LogP contribution in [0.15, 0.2) is 71.8 Å². The number of hydrogen-bond acceptors (Lipinski definition) is 5. The molecule has 1 saturated heterocycles. The predicted octanol–water partition coefficient (Wildman–Crippen LogP) is 2.97. The number of rotatable bonds is 5. The van der Waals surface area contributed by atoms with Gasteiger partial charge >= 0.3 is 0 Å². The van der Waals surface area contributed by atoms with Crippen molar-refractivity contribution in [3.05, 3.63) is 77.2 Å². The Morgan fingerprint density at radius 1 is 1.06 bits per heavy atom. The van der Waals surface area contributed by atoms with Crippen molar-refractivity contribution in [2.45, 2.75) is 13.3 Å². The van der Waals surface area contributed by atoms with Crippen LogP contribution in [0.2, 0.25) is 0 Å². The van der Waals surface area contributed by atoms with Crippen LogP contribution in [0, 0.1) is 5.92 Å². The first-order valence-electron chi connectivity index (χ1n) is 11.0. The molecule has 0 saturated carbocycles. The lowest BCUT2D eigenvalue weighted by Gasteiger charge is -2.19. The molecule has 0 radical (unpaired) electrons. The minimum atomic E-state index is -0.324. The average molecular weight is 473 g/mol. The van der Waals surface area contributed by atoms with Gasteiger partial charge in [0, 0.05) is 18.2 Å². The maximum Gasteiger partial charge on any atom is 0.251 e. The molecule has 1 aliphatic heterocycles. The zero-order valence-electron chi connectivity index (χ0n) is 18.9. The lowest BCUT2D eigenvalue weighted by Crippen LogP contribution is -2.27. The summed E-state index contributed by atoms with van der Waals surface area (Å²) in [5, 5.41) is 9.90. The monoisotopic (exact) mass is 473 g/mol. The molecule has 2 atom stereocenters. The molecule has 1 aliphatic rings. The molecule has 0 N–H and O–H groups in total. The fourth-order valence-corrected chi connectivity index (χ4v) is 4.56. The minimum Gasteiger partial charge on any atom is -0.491 e. The topological polar surface area (TPSA) is 82.2 Å². The Hall–Kier alpha value is -3.77. The number of para-hydroxylation sites is 1. The Balaban J connectivity index is 1.60. The molecule has 172 valence electrons. The summed E-state index contributed by atoms with van der Waals surface area (Å²) < 4.78 is 8.70. The van der Waals surface area contributed by atoms with E-state index in [9.17, 15) is 9.59 Å². The van der Waals surface area contributed by atoms with E-state index in [2.05, 4.69) is 19.4 Å². The summed E-state index contributed by atoms with van der Waals surface area (Å²) in [5.41, 5.74) is 2.87. The second kappa shape index (κ2) is 8.88. The molecule has 1 amide bonds. The van der Waals surface area contributed by atoms with Gasteiger partial charge in [-0.25, -0.2) is 9.36 Å². The van der Waals surface area contributed by atoms with E-state index in [4.69, 9.17) is 4.74 Å². The first kappa shape index (κ1) is 22.0. The van der Waals surface area contributed by atoms with Crippen LogP contribution in [0.3, 0.4) is 0 Å². The van der Waals surface area contributed by atoms with Gasteiger partial charge in [-0.2, -0.15) is 10.2 Å². The number of hydrogen-bond donors (Lipinski definition) is 0. The van der Waals surface area contributed by atoms with E-state index >= 15 is 0 Å². The van der Waals surface area contributed by atoms with Crippen LogP contribution >= 0.6 is 9.24 Å². The van der Waals surface area contributed by atoms with E-state index < -0.39 is 0 Å². The van der Waals surface area contributed by atoms with Crippen molar-refractivity contribution in [3.8, 4) is 28.5 Å². The molecule has 2 unspecified atom stereocenters. The second-order valence-corrected chi connectivity index (χ2v) is 8.83. The fraction of sp³-hybridized carbons (Fsp3) is 0.200. The molecule has 5 rings (SSSR count). The number of amides is 1. The molecule has 0 bridgehead atoms. The van der Waals surface area contributed by atoms with Crippen LogP contribution in [0.1, 0.15) is 13.3 Å². The maximum absolute atomic E-state index is 13.2. The first-order chi connectivity index (χ1) is 16.5. The summed E-state index contributed by atoms with van der Waals surface area (Å²) in [7, 11) is 4.16. The lowest BCUT2D eigenvalue weighted by molar-refractivity contribution is -0.119. The summed E-state index contributed by atoms with van der Waals surface area (Å²) in [4.78, 5) is 27.4. The lowest BCUT2D eigenvalue weighted by atomic mass is 10.1. The number of benzene rings is 2. The number of carbonyl (C=O) groups is 1. The van der Waals surface area contributed by atoms with Crippen LogP contribution in [-0.2, 0) is 4.79 Å². The summed E-state index contributed by atoms with van der Waals surface area (Å²) in [6.45, 7) is 2.66. The number of methoxy groups -OCH3 is 1. The first-order valence-corrected chi connectivity index (χ1v) is 11.5. The Labute approximate surface area is 199 Å². The van der Waals surface area contributed by atoms with Crippen LogP contribution in [-0.4, -0.2) is 39.1 Å². The number of anilines is 1. The SMILES string of the molecule is COc1cn(-c2ccc(N3CCC(C)C3=O)cc2P)nc(-c2ccnn2-c2ccccc2)c1=O. The van der Waals surface area contributed by atoms with Gasteiger partial charge in [-0.3, -0.25) is 9.59 Å². The fourth-order valence-electron chi connectivity index (χ4n) is 4.16. The smallest absolute Gasteiger partial charge is 0.251 e. The van der Waals surface area contributed by atoms with Gasteiger partial charge in [0.1, 0.15) is 0 Å². The zero-order valence-corrected chi connectivity index (χ0v) is 20.0. The highest BCUT2D eigenvalue weighted by atomic mass is 31.0. The average Bonchev–Trinajstić information content (AvgIpc) is 3.47. The van der Waals surface area contributed by atoms with Crippen LogP contribution in [0.25, 0.3) is 22.8 Å². The van der Waals surface area contributed by atoms with Crippen molar-refractivity contribution in [2.24, 2.45) is 5.92 Å². The minimum absolute atomic E-state index is 0.0366. The summed E-state index contributed by atoms with van der Waals surface area (Å²) in [6, 6.07) is 17.1. The maximum atomic E-state index is 13.2. The van der Waals surface area contributed by atoms with Crippen molar-refractivity contribution >= 4 is 26.1 Å². The van der Waals surface area contributed by atoms with Gasteiger partial charge in [-0.15, -0.1) is 9.24 Å². The zero-order chi connectivity index (χ0) is 23.8. The van der Waals surface area contributed by atoms with E-state index in [0.29, 0.717) is 12.2 Å². The third kappa shape index (κ3) is 3.80. The van der Waals surface area contributed by atoms with E-state index in [1.54, 1.807) is 27.8 Å². The van der Waals surface area contributed by atoms with Gasteiger partial charge in [0.25, 0.3) is 5.43 Å². The van der Waals surface area contributed by atoms with E-state index in [-0.39, 0.29) is 28.7 Å². The Morgan fingerprint density at radius 2 is 1.85 bits per heavy atom.